The molecule has 0 aliphatic carbocycles. The monoisotopic (exact) mass is 391 g/mol. The molecule has 0 spiro atoms. The van der Waals surface area contributed by atoms with E-state index in [9.17, 15) is 4.79 Å². The highest BCUT2D eigenvalue weighted by molar-refractivity contribution is 7.15. The fourth-order valence-corrected chi connectivity index (χ4v) is 3.61. The van der Waals surface area contributed by atoms with Gasteiger partial charge in [-0.05, 0) is 36.4 Å². The minimum absolute atomic E-state index is 0.183. The van der Waals surface area contributed by atoms with Gasteiger partial charge in [-0.3, -0.25) is 4.79 Å². The Hall–Kier alpha value is -3.45. The van der Waals surface area contributed by atoms with Crippen LogP contribution >= 0.6 is 11.3 Å². The minimum Gasteiger partial charge on any atom is -0.497 e. The average molecular weight is 391 g/mol. The van der Waals surface area contributed by atoms with Gasteiger partial charge in [0.2, 0.25) is 4.96 Å². The molecular weight excluding hydrogens is 374 g/mol. The van der Waals surface area contributed by atoms with Crippen LogP contribution in [0.5, 0.6) is 11.5 Å². The standard InChI is InChI=1S/C21H17N3O3S/c1-26-16-12-10-15(11-13-16)19-22-21-24(23-19)20(25)18(28-21)9-5-7-14-6-3-4-8-17(14)27-2/h3-13H,1-2H3. The summed E-state index contributed by atoms with van der Waals surface area (Å²) in [4.78, 5) is 17.6. The average Bonchev–Trinajstić information content (AvgIpc) is 3.28. The highest BCUT2D eigenvalue weighted by Crippen LogP contribution is 2.20. The molecule has 0 N–H and O–H groups in total. The number of para-hydroxylation sites is 1. The van der Waals surface area contributed by atoms with E-state index in [0.29, 0.717) is 15.3 Å². The van der Waals surface area contributed by atoms with E-state index in [1.54, 1.807) is 20.3 Å². The molecule has 4 rings (SSSR count). The number of nitrogens with zero attached hydrogens (tertiary/aromatic N) is 3. The maximum Gasteiger partial charge on any atom is 0.291 e. The van der Waals surface area contributed by atoms with Crippen molar-refractivity contribution in [3.8, 4) is 22.9 Å². The number of hydrogen-bond acceptors (Lipinski definition) is 6. The summed E-state index contributed by atoms with van der Waals surface area (Å²) in [6.07, 6.45) is 5.49. The number of hydrogen-bond donors (Lipinski definition) is 0. The van der Waals surface area contributed by atoms with Gasteiger partial charge in [-0.15, -0.1) is 5.10 Å². The number of thiazole rings is 1. The van der Waals surface area contributed by atoms with Crippen LogP contribution in [0, 0.1) is 0 Å². The zero-order valence-corrected chi connectivity index (χ0v) is 16.1. The third-order valence-electron chi connectivity index (χ3n) is 4.19. The van der Waals surface area contributed by atoms with Crippen LogP contribution in [-0.4, -0.2) is 28.8 Å². The molecule has 2 aromatic heterocycles. The first-order valence-corrected chi connectivity index (χ1v) is 9.36. The smallest absolute Gasteiger partial charge is 0.291 e. The lowest BCUT2D eigenvalue weighted by molar-refractivity contribution is 0.414. The van der Waals surface area contributed by atoms with Crippen molar-refractivity contribution in [3.05, 3.63) is 75.1 Å². The second-order valence-electron chi connectivity index (χ2n) is 5.90. The Morgan fingerprint density at radius 3 is 2.54 bits per heavy atom. The maximum absolute atomic E-state index is 12.6. The van der Waals surface area contributed by atoms with E-state index >= 15 is 0 Å². The van der Waals surface area contributed by atoms with Crippen LogP contribution in [0.4, 0.5) is 0 Å². The minimum atomic E-state index is -0.183. The molecular formula is C21H17N3O3S. The molecule has 7 heteroatoms. The predicted molar refractivity (Wildman–Crippen MR) is 111 cm³/mol. The Morgan fingerprint density at radius 2 is 1.82 bits per heavy atom. The first-order valence-electron chi connectivity index (χ1n) is 8.55. The van der Waals surface area contributed by atoms with Crippen LogP contribution in [-0.2, 0) is 0 Å². The van der Waals surface area contributed by atoms with Crippen molar-refractivity contribution >= 4 is 28.4 Å². The zero-order chi connectivity index (χ0) is 19.5. The molecule has 0 atom stereocenters. The van der Waals surface area contributed by atoms with E-state index in [-0.39, 0.29) is 5.56 Å². The predicted octanol–water partition coefficient (Wildman–Crippen LogP) is 3.05. The first-order chi connectivity index (χ1) is 13.7. The second kappa shape index (κ2) is 7.66. The van der Waals surface area contributed by atoms with E-state index < -0.39 is 0 Å². The van der Waals surface area contributed by atoms with Gasteiger partial charge in [0.05, 0.1) is 18.8 Å². The molecule has 0 bridgehead atoms. The third kappa shape index (κ3) is 3.39. The van der Waals surface area contributed by atoms with Crippen molar-refractivity contribution in [2.75, 3.05) is 14.2 Å². The summed E-state index contributed by atoms with van der Waals surface area (Å²) in [5.74, 6) is 2.05. The number of rotatable bonds is 5. The molecule has 0 radical (unpaired) electrons. The summed E-state index contributed by atoms with van der Waals surface area (Å²) in [5.41, 5.74) is 1.59. The van der Waals surface area contributed by atoms with Gasteiger partial charge < -0.3 is 9.47 Å². The molecule has 6 nitrogen and oxygen atoms in total. The van der Waals surface area contributed by atoms with Crippen LogP contribution in [0.2, 0.25) is 0 Å². The first kappa shape index (κ1) is 17.9. The summed E-state index contributed by atoms with van der Waals surface area (Å²) in [5, 5.41) is 4.35. The van der Waals surface area contributed by atoms with Crippen molar-refractivity contribution < 1.29 is 9.47 Å². The number of ether oxygens (including phenoxy) is 2. The number of fused-ring (bicyclic) bond motifs is 1. The van der Waals surface area contributed by atoms with Crippen LogP contribution in [0.25, 0.3) is 28.5 Å². The molecule has 2 heterocycles. The second-order valence-corrected chi connectivity index (χ2v) is 6.91. The highest BCUT2D eigenvalue weighted by Gasteiger charge is 2.11. The van der Waals surface area contributed by atoms with Crippen LogP contribution in [0.1, 0.15) is 5.56 Å². The quantitative estimate of drug-likeness (QED) is 0.523. The largest absolute Gasteiger partial charge is 0.497 e. The number of benzene rings is 2. The van der Waals surface area contributed by atoms with Crippen molar-refractivity contribution in [2.45, 2.75) is 0 Å². The topological polar surface area (TPSA) is 65.7 Å². The van der Waals surface area contributed by atoms with Gasteiger partial charge in [0, 0.05) is 11.1 Å². The van der Waals surface area contributed by atoms with Gasteiger partial charge in [-0.25, -0.2) is 0 Å². The van der Waals surface area contributed by atoms with Crippen LogP contribution < -0.4 is 19.6 Å². The summed E-state index contributed by atoms with van der Waals surface area (Å²) in [6, 6.07) is 15.1. The molecule has 0 fully saturated rings. The summed E-state index contributed by atoms with van der Waals surface area (Å²) < 4.78 is 12.4. The van der Waals surface area contributed by atoms with E-state index in [0.717, 1.165) is 22.6 Å². The van der Waals surface area contributed by atoms with Gasteiger partial charge in [0.1, 0.15) is 11.5 Å². The fourth-order valence-electron chi connectivity index (χ4n) is 2.75. The van der Waals surface area contributed by atoms with E-state index in [1.165, 1.54) is 15.9 Å². The Bertz CT molecular complexity index is 1260. The van der Waals surface area contributed by atoms with Crippen molar-refractivity contribution in [3.63, 3.8) is 0 Å². The lowest BCUT2D eigenvalue weighted by atomic mass is 10.2. The molecule has 0 aliphatic rings. The molecule has 0 amide bonds. The van der Waals surface area contributed by atoms with Gasteiger partial charge in [0.15, 0.2) is 5.82 Å². The molecule has 28 heavy (non-hydrogen) atoms. The molecule has 4 aromatic rings. The van der Waals surface area contributed by atoms with Crippen LogP contribution in [0.3, 0.4) is 0 Å². The van der Waals surface area contributed by atoms with E-state index in [4.69, 9.17) is 9.47 Å². The summed E-state index contributed by atoms with van der Waals surface area (Å²) in [7, 11) is 3.25. The lowest BCUT2D eigenvalue weighted by Gasteiger charge is -2.02. The lowest BCUT2D eigenvalue weighted by Crippen LogP contribution is -2.23. The van der Waals surface area contributed by atoms with Crippen molar-refractivity contribution in [1.29, 1.82) is 0 Å². The SMILES string of the molecule is COc1ccc(-c2nc3sc(=CC=Cc4ccccc4OC)c(=O)n3n2)cc1. The Kier molecular flexibility index (Phi) is 4.90. The molecule has 0 saturated heterocycles. The zero-order valence-electron chi connectivity index (χ0n) is 15.3. The maximum atomic E-state index is 12.6. The fraction of sp³-hybridized carbons (Fsp3) is 0.0952. The van der Waals surface area contributed by atoms with Crippen LogP contribution in [0.15, 0.2) is 59.4 Å². The number of aromatic nitrogens is 3. The Morgan fingerprint density at radius 1 is 1.04 bits per heavy atom. The molecule has 2 aromatic carbocycles. The third-order valence-corrected chi connectivity index (χ3v) is 5.17. The Balaban J connectivity index is 1.65. The Labute approximate surface area is 165 Å². The van der Waals surface area contributed by atoms with Gasteiger partial charge in [-0.2, -0.15) is 9.50 Å². The van der Waals surface area contributed by atoms with E-state index in [2.05, 4.69) is 10.1 Å². The highest BCUT2D eigenvalue weighted by atomic mass is 32.1. The molecule has 0 aliphatic heterocycles. The van der Waals surface area contributed by atoms with Gasteiger partial charge >= 0.3 is 0 Å². The van der Waals surface area contributed by atoms with E-state index in [1.807, 2.05) is 60.7 Å². The van der Waals surface area contributed by atoms with Gasteiger partial charge in [-0.1, -0.05) is 41.7 Å². The number of methoxy groups -OCH3 is 2. The molecule has 140 valence electrons. The number of allylic oxidation sites excluding steroid dienone is 1. The summed E-state index contributed by atoms with van der Waals surface area (Å²) >= 11 is 1.31. The van der Waals surface area contributed by atoms with Crippen molar-refractivity contribution in [1.82, 2.24) is 14.6 Å². The normalized spacial score (nSPS) is 12.1. The molecule has 0 unspecified atom stereocenters. The molecule has 0 saturated carbocycles. The van der Waals surface area contributed by atoms with Crippen molar-refractivity contribution in [2.24, 2.45) is 0 Å². The summed E-state index contributed by atoms with van der Waals surface area (Å²) in [6.45, 7) is 0. The van der Waals surface area contributed by atoms with Gasteiger partial charge in [0.25, 0.3) is 5.56 Å².